The van der Waals surface area contributed by atoms with Gasteiger partial charge in [-0.2, -0.15) is 0 Å². The molecule has 1 aliphatic rings. The van der Waals surface area contributed by atoms with E-state index in [1.807, 2.05) is 0 Å². The first-order valence-corrected chi connectivity index (χ1v) is 10.7. The highest BCUT2D eigenvalue weighted by molar-refractivity contribution is 6.36. The number of benzene rings is 1. The van der Waals surface area contributed by atoms with Crippen LogP contribution < -0.4 is 5.32 Å². The Morgan fingerprint density at radius 1 is 0.882 bits per heavy atom. The molecule has 0 radical (unpaired) electrons. The summed E-state index contributed by atoms with van der Waals surface area (Å²) in [4.78, 5) is 59.7. The van der Waals surface area contributed by atoms with Gasteiger partial charge in [-0.1, -0.05) is 23.2 Å². The summed E-state index contributed by atoms with van der Waals surface area (Å²) in [7, 11) is 0. The molecule has 0 saturated carbocycles. The highest BCUT2D eigenvalue weighted by atomic mass is 35.5. The Morgan fingerprint density at radius 3 is 2.00 bits per heavy atom. The maximum Gasteiger partial charge on any atom is 0.305 e. The van der Waals surface area contributed by atoms with Gasteiger partial charge in [-0.3, -0.25) is 24.0 Å². The predicted molar refractivity (Wildman–Crippen MR) is 116 cm³/mol. The monoisotopic (exact) mass is 519 g/mol. The van der Waals surface area contributed by atoms with Crippen molar-refractivity contribution in [3.63, 3.8) is 0 Å². The molecule has 1 fully saturated rings. The molecular weight excluding hydrogens is 497 g/mol. The number of hydrogen-bond acceptors (Lipinski definition) is 10. The zero-order chi connectivity index (χ0) is 25.6. The van der Waals surface area contributed by atoms with E-state index >= 15 is 0 Å². The fourth-order valence-electron chi connectivity index (χ4n) is 3.22. The molecule has 5 atom stereocenters. The Balaban J connectivity index is 2.48. The Morgan fingerprint density at radius 2 is 1.47 bits per heavy atom. The molecule has 11 nitrogen and oxygen atoms in total. The maximum absolute atomic E-state index is 13.0. The number of carbonyl (C=O) groups excluding carboxylic acids is 5. The van der Waals surface area contributed by atoms with Gasteiger partial charge in [0, 0.05) is 32.7 Å². The maximum atomic E-state index is 13.0. The highest BCUT2D eigenvalue weighted by Crippen LogP contribution is 2.29. The van der Waals surface area contributed by atoms with Gasteiger partial charge in [0.2, 0.25) is 6.29 Å². The quantitative estimate of drug-likeness (QED) is 0.418. The van der Waals surface area contributed by atoms with Crippen LogP contribution in [0.3, 0.4) is 0 Å². The Hall–Kier alpha value is -2.89. The number of hydrogen-bond donors (Lipinski definition) is 1. The molecule has 1 heterocycles. The molecule has 1 amide bonds. The zero-order valence-electron chi connectivity index (χ0n) is 18.7. The SMILES string of the molecule is CC(=O)OC[C@H]1O[C@H](OC(C)=O)[C@@H](NC(=O)c2ccc(Cl)cc2Cl)[C@@H](OC(C)=O)[C@@H]1OC(C)=O. The van der Waals surface area contributed by atoms with Gasteiger partial charge in [0.15, 0.2) is 12.2 Å². The van der Waals surface area contributed by atoms with Gasteiger partial charge in [-0.25, -0.2) is 0 Å². The number of ether oxygens (including phenoxy) is 5. The van der Waals surface area contributed by atoms with Crippen LogP contribution in [0.2, 0.25) is 10.0 Å². The molecule has 0 unspecified atom stereocenters. The second-order valence-corrected chi connectivity index (χ2v) is 8.07. The Bertz CT molecular complexity index is 969. The summed E-state index contributed by atoms with van der Waals surface area (Å²) >= 11 is 12.0. The van der Waals surface area contributed by atoms with Gasteiger partial charge >= 0.3 is 23.9 Å². The molecule has 186 valence electrons. The van der Waals surface area contributed by atoms with Crippen LogP contribution >= 0.6 is 23.2 Å². The molecule has 0 aromatic heterocycles. The minimum atomic E-state index is -1.51. The van der Waals surface area contributed by atoms with E-state index in [2.05, 4.69) is 5.32 Å². The van der Waals surface area contributed by atoms with Crippen LogP contribution in [0.15, 0.2) is 18.2 Å². The van der Waals surface area contributed by atoms with E-state index in [1.54, 1.807) is 0 Å². The lowest BCUT2D eigenvalue weighted by atomic mass is 9.95. The molecule has 0 bridgehead atoms. The fourth-order valence-corrected chi connectivity index (χ4v) is 3.72. The smallest absolute Gasteiger partial charge is 0.305 e. The normalized spacial score (nSPS) is 23.9. The van der Waals surface area contributed by atoms with Gasteiger partial charge in [-0.15, -0.1) is 0 Å². The van der Waals surface area contributed by atoms with E-state index < -0.39 is 67.0 Å². The molecule has 1 aromatic rings. The third-order valence-electron chi connectivity index (χ3n) is 4.46. The average Bonchev–Trinajstić information content (AvgIpc) is 2.69. The lowest BCUT2D eigenvalue weighted by Crippen LogP contribution is -2.67. The van der Waals surface area contributed by atoms with Crippen molar-refractivity contribution in [3.8, 4) is 0 Å². The van der Waals surface area contributed by atoms with E-state index in [0.717, 1.165) is 27.7 Å². The summed E-state index contributed by atoms with van der Waals surface area (Å²) < 4.78 is 26.5. The van der Waals surface area contributed by atoms with Crippen LogP contribution in [0.25, 0.3) is 0 Å². The van der Waals surface area contributed by atoms with Gasteiger partial charge in [-0.05, 0) is 18.2 Å². The van der Waals surface area contributed by atoms with Crippen molar-refractivity contribution >= 4 is 53.0 Å². The summed E-state index contributed by atoms with van der Waals surface area (Å²) in [5.41, 5.74) is 0.0142. The third-order valence-corrected chi connectivity index (χ3v) is 5.00. The highest BCUT2D eigenvalue weighted by Gasteiger charge is 2.52. The molecule has 0 spiro atoms. The van der Waals surface area contributed by atoms with Gasteiger partial charge in [0.1, 0.15) is 18.8 Å². The van der Waals surface area contributed by atoms with Crippen molar-refractivity contribution in [2.45, 2.75) is 58.3 Å². The van der Waals surface area contributed by atoms with Crippen LogP contribution in [0.1, 0.15) is 38.1 Å². The number of nitrogens with one attached hydrogen (secondary N) is 1. The topological polar surface area (TPSA) is 144 Å². The molecule has 1 saturated heterocycles. The van der Waals surface area contributed by atoms with E-state index in [0.29, 0.717) is 5.02 Å². The Labute approximate surface area is 204 Å². The molecule has 0 aliphatic carbocycles. The van der Waals surface area contributed by atoms with Crippen molar-refractivity contribution in [1.82, 2.24) is 5.32 Å². The van der Waals surface area contributed by atoms with Crippen LogP contribution in [-0.4, -0.2) is 67.0 Å². The minimum absolute atomic E-state index is 0.0142. The largest absolute Gasteiger partial charge is 0.463 e. The summed E-state index contributed by atoms with van der Waals surface area (Å²) in [6.07, 6.45) is -5.44. The second-order valence-electron chi connectivity index (χ2n) is 7.23. The summed E-state index contributed by atoms with van der Waals surface area (Å²) in [6, 6.07) is 2.80. The lowest BCUT2D eigenvalue weighted by molar-refractivity contribution is -0.270. The molecule has 1 N–H and O–H groups in total. The number of rotatable bonds is 7. The number of esters is 4. The van der Waals surface area contributed by atoms with Crippen molar-refractivity contribution in [1.29, 1.82) is 0 Å². The second kappa shape index (κ2) is 12.0. The molecule has 1 aliphatic heterocycles. The predicted octanol–water partition coefficient (Wildman–Crippen LogP) is 1.81. The van der Waals surface area contributed by atoms with Gasteiger partial charge in [0.05, 0.1) is 10.6 Å². The van der Waals surface area contributed by atoms with Crippen molar-refractivity contribution in [2.75, 3.05) is 6.61 Å². The number of halogens is 2. The summed E-state index contributed by atoms with van der Waals surface area (Å²) in [6.45, 7) is 4.02. The van der Waals surface area contributed by atoms with Crippen LogP contribution in [0.4, 0.5) is 0 Å². The van der Waals surface area contributed by atoms with Gasteiger partial charge < -0.3 is 29.0 Å². The van der Waals surface area contributed by atoms with E-state index in [4.69, 9.17) is 46.9 Å². The summed E-state index contributed by atoms with van der Waals surface area (Å²) in [5, 5.41) is 2.87. The Kier molecular flexibility index (Phi) is 9.66. The van der Waals surface area contributed by atoms with Crippen molar-refractivity contribution in [3.05, 3.63) is 33.8 Å². The summed E-state index contributed by atoms with van der Waals surface area (Å²) in [5.74, 6) is -3.75. The van der Waals surface area contributed by atoms with Crippen LogP contribution in [0.5, 0.6) is 0 Å². The first-order chi connectivity index (χ1) is 15.9. The first kappa shape index (κ1) is 27.4. The van der Waals surface area contributed by atoms with Crippen LogP contribution in [-0.2, 0) is 42.9 Å². The van der Waals surface area contributed by atoms with Crippen molar-refractivity contribution in [2.24, 2.45) is 0 Å². The molecule has 2 rings (SSSR count). The first-order valence-electron chi connectivity index (χ1n) is 9.95. The molecule has 13 heteroatoms. The fraction of sp³-hybridized carbons (Fsp3) is 0.476. The molecule has 1 aromatic carbocycles. The lowest BCUT2D eigenvalue weighted by Gasteiger charge is -2.44. The number of carbonyl (C=O) groups is 5. The van der Waals surface area contributed by atoms with E-state index in [-0.39, 0.29) is 10.6 Å². The minimum Gasteiger partial charge on any atom is -0.463 e. The van der Waals surface area contributed by atoms with Crippen molar-refractivity contribution < 1.29 is 47.7 Å². The van der Waals surface area contributed by atoms with E-state index in [9.17, 15) is 24.0 Å². The standard InChI is InChI=1S/C21H23Cl2NO10/c1-9(25)30-8-16-18(31-10(2)26)19(32-11(3)27)17(21(34-16)33-12(4)28)24-20(29)14-6-5-13(22)7-15(14)23/h5-7,16-19,21H,8H2,1-4H3,(H,24,29)/t16-,17+,18-,19-,21+/m1/s1. The number of amides is 1. The third kappa shape index (κ3) is 7.57. The zero-order valence-corrected chi connectivity index (χ0v) is 20.2. The molecular formula is C21H23Cl2NO10. The van der Waals surface area contributed by atoms with E-state index in [1.165, 1.54) is 18.2 Å². The molecule has 34 heavy (non-hydrogen) atoms. The van der Waals surface area contributed by atoms with Gasteiger partial charge in [0.25, 0.3) is 5.91 Å². The average molecular weight is 520 g/mol. The van der Waals surface area contributed by atoms with Crippen LogP contribution in [0, 0.1) is 0 Å².